The van der Waals surface area contributed by atoms with Gasteiger partial charge < -0.3 is 30.0 Å². The second-order valence-electron chi connectivity index (χ2n) is 14.8. The van der Waals surface area contributed by atoms with E-state index < -0.39 is 11.5 Å². The molecule has 3 N–H and O–H groups in total. The summed E-state index contributed by atoms with van der Waals surface area (Å²) >= 11 is 14.0. The van der Waals surface area contributed by atoms with Gasteiger partial charge in [0.2, 0.25) is 23.5 Å². The van der Waals surface area contributed by atoms with Crippen LogP contribution in [0.15, 0.2) is 54.6 Å². The van der Waals surface area contributed by atoms with Crippen molar-refractivity contribution >= 4 is 35.1 Å². The predicted octanol–water partition coefficient (Wildman–Crippen LogP) is 6.86. The second kappa shape index (κ2) is 14.7. The highest BCUT2D eigenvalue weighted by Crippen LogP contribution is 2.56. The number of carboxylic acids is 1. The number of fused-ring (bicyclic) bond motifs is 2. The Labute approximate surface area is 324 Å². The van der Waals surface area contributed by atoms with Gasteiger partial charge in [-0.3, -0.25) is 14.5 Å². The molecule has 5 aliphatic rings. The van der Waals surface area contributed by atoms with Gasteiger partial charge in [0.15, 0.2) is 0 Å². The van der Waals surface area contributed by atoms with Crippen LogP contribution in [0.25, 0.3) is 22.4 Å². The van der Waals surface area contributed by atoms with Crippen molar-refractivity contribution in [2.75, 3.05) is 27.3 Å². The van der Waals surface area contributed by atoms with E-state index in [1.807, 2.05) is 48.2 Å². The number of carbonyl (C=O) groups is 2. The van der Waals surface area contributed by atoms with E-state index in [0.29, 0.717) is 65.9 Å². The third kappa shape index (κ3) is 6.34. The maximum Gasteiger partial charge on any atom is 0.324 e. The van der Waals surface area contributed by atoms with Crippen molar-refractivity contribution in [1.82, 2.24) is 25.5 Å². The minimum Gasteiger partial charge on any atom is -0.481 e. The van der Waals surface area contributed by atoms with Gasteiger partial charge in [0.25, 0.3) is 0 Å². The first-order valence-electron chi connectivity index (χ1n) is 18.4. The molecule has 11 nitrogen and oxygen atoms in total. The molecule has 9 rings (SSSR count). The number of benzene rings is 2. The number of methoxy groups -OCH3 is 2. The Balaban J connectivity index is 1.00. The van der Waals surface area contributed by atoms with Crippen LogP contribution >= 0.6 is 23.2 Å². The average Bonchev–Trinajstić information content (AvgIpc) is 3.95. The first kappa shape index (κ1) is 36.6. The van der Waals surface area contributed by atoms with E-state index in [2.05, 4.69) is 27.8 Å². The van der Waals surface area contributed by atoms with E-state index in [4.69, 9.17) is 42.4 Å². The van der Waals surface area contributed by atoms with Gasteiger partial charge in [0.1, 0.15) is 16.7 Å². The Morgan fingerprint density at radius 2 is 1.74 bits per heavy atom. The van der Waals surface area contributed by atoms with Gasteiger partial charge in [-0.25, -0.2) is 4.98 Å². The minimum absolute atomic E-state index is 0.0938. The molecule has 0 unspecified atom stereocenters. The molecule has 282 valence electrons. The molecule has 0 radical (unpaired) electrons. The quantitative estimate of drug-likeness (QED) is 0.132. The Hall–Kier alpha value is -4.42. The highest BCUT2D eigenvalue weighted by Gasteiger charge is 2.66. The molecule has 3 aliphatic heterocycles. The Morgan fingerprint density at radius 3 is 2.48 bits per heavy atom. The highest BCUT2D eigenvalue weighted by molar-refractivity contribution is 6.36. The smallest absolute Gasteiger partial charge is 0.324 e. The summed E-state index contributed by atoms with van der Waals surface area (Å²) in [5.41, 5.74) is 6.39. The van der Waals surface area contributed by atoms with Crippen LogP contribution in [0.4, 0.5) is 0 Å². The fraction of sp³-hybridized carbons (Fsp3) is 0.415. The second-order valence-corrected chi connectivity index (χ2v) is 15.6. The van der Waals surface area contributed by atoms with Crippen molar-refractivity contribution in [3.63, 3.8) is 0 Å². The molecule has 2 aromatic heterocycles. The van der Waals surface area contributed by atoms with E-state index in [-0.39, 0.29) is 29.9 Å². The van der Waals surface area contributed by atoms with Gasteiger partial charge in [0.05, 0.1) is 24.9 Å². The number of hydrogen-bond acceptors (Lipinski definition) is 9. The number of nitrogens with zero attached hydrogens (tertiary/aromatic N) is 3. The number of nitrogens with one attached hydrogen (secondary N) is 2. The van der Waals surface area contributed by atoms with Crippen LogP contribution in [0, 0.1) is 11.8 Å². The fourth-order valence-corrected chi connectivity index (χ4v) is 9.52. The van der Waals surface area contributed by atoms with Gasteiger partial charge in [-0.05, 0) is 66.3 Å². The van der Waals surface area contributed by atoms with Gasteiger partial charge in [-0.2, -0.15) is 4.98 Å². The van der Waals surface area contributed by atoms with Crippen LogP contribution < -0.4 is 24.8 Å². The number of hydrogen-bond donors (Lipinski definition) is 3. The zero-order valence-corrected chi connectivity index (χ0v) is 32.0. The Morgan fingerprint density at radius 1 is 0.981 bits per heavy atom. The van der Waals surface area contributed by atoms with Crippen molar-refractivity contribution < 1.29 is 28.9 Å². The molecule has 4 fully saturated rings. The molecule has 2 bridgehead atoms. The number of halogens is 2. The number of pyridine rings is 2. The topological polar surface area (TPSA) is 135 Å². The summed E-state index contributed by atoms with van der Waals surface area (Å²) < 4.78 is 17.9. The van der Waals surface area contributed by atoms with Crippen molar-refractivity contribution in [2.24, 2.45) is 11.8 Å². The van der Waals surface area contributed by atoms with E-state index in [1.54, 1.807) is 20.3 Å². The van der Waals surface area contributed by atoms with E-state index in [1.165, 1.54) is 0 Å². The van der Waals surface area contributed by atoms with E-state index in [0.717, 1.165) is 64.8 Å². The minimum atomic E-state index is -0.853. The van der Waals surface area contributed by atoms with Crippen molar-refractivity contribution in [3.05, 3.63) is 86.9 Å². The standard InChI is InChI=1S/C41H43Cl2N5O6/c1-22-25-17-41(22,40(50)51)48(21-25)20-24-16-32(42)39(47-38(24)53-3)54-34-14-12-28-27(6-4-7-29(28)34)30-8-5-9-31(36(30)43)33-13-10-23(37(46-33)52-2)18-44-19-26-11-15-35(49)45-26/h4-10,13,16,22,25-26,34,44H,11-12,14-15,17-21H2,1-3H3,(H,45,49)(H,50,51)/t22-,25+,26-,34-,41+/m0/s1. The van der Waals surface area contributed by atoms with Crippen LogP contribution in [-0.4, -0.2) is 70.7 Å². The largest absolute Gasteiger partial charge is 0.481 e. The normalized spacial score (nSPS) is 24.2. The summed E-state index contributed by atoms with van der Waals surface area (Å²) in [4.78, 5) is 35.4. The number of carboxylic acid groups (broad SMARTS) is 1. The summed E-state index contributed by atoms with van der Waals surface area (Å²) in [6.45, 7) is 4.35. The molecule has 5 heterocycles. The molecule has 54 heavy (non-hydrogen) atoms. The summed E-state index contributed by atoms with van der Waals surface area (Å²) in [6, 6.07) is 18.0. The van der Waals surface area contributed by atoms with Crippen LogP contribution in [0.1, 0.15) is 61.0 Å². The first-order chi connectivity index (χ1) is 26.1. The molecule has 1 saturated carbocycles. The molecule has 1 amide bonds. The van der Waals surface area contributed by atoms with Crippen molar-refractivity contribution in [2.45, 2.75) is 69.8 Å². The van der Waals surface area contributed by atoms with Crippen LogP contribution in [0.2, 0.25) is 10.0 Å². The van der Waals surface area contributed by atoms with Gasteiger partial charge in [0, 0.05) is 60.9 Å². The average molecular weight is 773 g/mol. The number of carbonyl (C=O) groups excluding carboxylic acids is 1. The molecule has 13 heteroatoms. The Kier molecular flexibility index (Phi) is 9.93. The van der Waals surface area contributed by atoms with E-state index >= 15 is 0 Å². The Bertz CT molecular complexity index is 2130. The number of aliphatic carboxylic acids is 1. The molecule has 2 aliphatic carbocycles. The zero-order valence-electron chi connectivity index (χ0n) is 30.5. The number of aromatic nitrogens is 2. The number of ether oxygens (including phenoxy) is 3. The molecule has 2 aromatic carbocycles. The maximum absolute atomic E-state index is 12.3. The van der Waals surface area contributed by atoms with Crippen LogP contribution in [0.5, 0.6) is 17.6 Å². The SMILES string of the molecule is COc1nc(-c2cccc(-c3cccc4c3CC[C@@H]4Oc3nc(OC)c(CN4C[C@H]5C[C@]4(C(=O)O)[C@H]5C)cc3Cl)c2Cl)ccc1CNC[C@@H]1CCC(=O)N1. The summed E-state index contributed by atoms with van der Waals surface area (Å²) in [7, 11) is 3.16. The lowest BCUT2D eigenvalue weighted by molar-refractivity contribution is -0.157. The third-order valence-electron chi connectivity index (χ3n) is 11.9. The fourth-order valence-electron chi connectivity index (χ4n) is 8.98. The maximum atomic E-state index is 12.3. The molecule has 0 spiro atoms. The first-order valence-corrected chi connectivity index (χ1v) is 19.2. The molecular formula is C41H43Cl2N5O6. The van der Waals surface area contributed by atoms with Gasteiger partial charge >= 0.3 is 5.97 Å². The lowest BCUT2D eigenvalue weighted by Crippen LogP contribution is -2.58. The van der Waals surface area contributed by atoms with E-state index in [9.17, 15) is 14.7 Å². The molecule has 3 saturated heterocycles. The van der Waals surface area contributed by atoms with Crippen LogP contribution in [0.3, 0.4) is 0 Å². The number of amides is 1. The third-order valence-corrected chi connectivity index (χ3v) is 12.6. The lowest BCUT2D eigenvalue weighted by Gasteiger charge is -2.44. The molecule has 5 atom stereocenters. The highest BCUT2D eigenvalue weighted by atomic mass is 35.5. The van der Waals surface area contributed by atoms with Gasteiger partial charge in [-0.15, -0.1) is 0 Å². The zero-order chi connectivity index (χ0) is 37.7. The van der Waals surface area contributed by atoms with Crippen molar-refractivity contribution in [3.8, 4) is 40.0 Å². The van der Waals surface area contributed by atoms with Crippen LogP contribution in [-0.2, 0) is 29.1 Å². The molecule has 4 aromatic rings. The van der Waals surface area contributed by atoms with Crippen molar-refractivity contribution in [1.29, 1.82) is 0 Å². The summed E-state index contributed by atoms with van der Waals surface area (Å²) in [5, 5.41) is 17.4. The summed E-state index contributed by atoms with van der Waals surface area (Å²) in [5.74, 6) is 0.950. The monoisotopic (exact) mass is 771 g/mol. The van der Waals surface area contributed by atoms with Gasteiger partial charge in [-0.1, -0.05) is 72.6 Å². The molecular weight excluding hydrogens is 729 g/mol. The number of rotatable bonds is 13. The lowest BCUT2D eigenvalue weighted by atomic mass is 9.64. The summed E-state index contributed by atoms with van der Waals surface area (Å²) in [6.07, 6.45) is 3.27. The predicted molar refractivity (Wildman–Crippen MR) is 205 cm³/mol.